The van der Waals surface area contributed by atoms with Crippen LogP contribution in [-0.4, -0.2) is 89.9 Å². The molecule has 0 bridgehead atoms. The van der Waals surface area contributed by atoms with Gasteiger partial charge in [0, 0.05) is 31.3 Å². The highest BCUT2D eigenvalue weighted by atomic mass is 19.4. The van der Waals surface area contributed by atoms with E-state index in [1.54, 1.807) is 19.0 Å². The number of benzene rings is 2. The number of phenols is 1. The lowest BCUT2D eigenvalue weighted by atomic mass is 9.52. The van der Waals surface area contributed by atoms with Crippen molar-refractivity contribution in [3.05, 3.63) is 52.6 Å². The Hall–Kier alpha value is -4.63. The fourth-order valence-electron chi connectivity index (χ4n) is 7.18. The Morgan fingerprint density at radius 2 is 1.70 bits per heavy atom. The van der Waals surface area contributed by atoms with Crippen molar-refractivity contribution in [2.45, 2.75) is 30.7 Å². The Balaban J connectivity index is 1.59. The van der Waals surface area contributed by atoms with Gasteiger partial charge < -0.3 is 26.2 Å². The van der Waals surface area contributed by atoms with Crippen molar-refractivity contribution in [1.82, 2.24) is 4.90 Å². The van der Waals surface area contributed by atoms with E-state index in [-0.39, 0.29) is 35.2 Å². The number of primary amides is 1. The van der Waals surface area contributed by atoms with E-state index in [9.17, 15) is 52.2 Å². The number of carbonyl (C=O) groups is 6. The molecule has 6 atom stereocenters. The number of nitrogens with two attached hydrogens (primary N) is 1. The predicted octanol–water partition coefficient (Wildman–Crippen LogP) is 1.20. The summed E-state index contributed by atoms with van der Waals surface area (Å²) in [7, 11) is 6.17. The van der Waals surface area contributed by atoms with E-state index < -0.39 is 87.8 Å². The number of rotatable bonds is 5. The average Bonchev–Trinajstić information content (AvgIpc) is 2.95. The number of aromatic hydroxyl groups is 1. The van der Waals surface area contributed by atoms with Crippen LogP contribution in [-0.2, 0) is 31.8 Å². The van der Waals surface area contributed by atoms with E-state index in [4.69, 9.17) is 5.73 Å². The van der Waals surface area contributed by atoms with Crippen molar-refractivity contribution in [2.75, 3.05) is 38.4 Å². The molecular weight excluding hydrogens is 613 g/mol. The molecule has 46 heavy (non-hydrogen) atoms. The van der Waals surface area contributed by atoms with E-state index in [2.05, 4.69) is 5.32 Å². The highest BCUT2D eigenvalue weighted by Crippen LogP contribution is 2.52. The lowest BCUT2D eigenvalue weighted by Gasteiger charge is -2.52. The van der Waals surface area contributed by atoms with Gasteiger partial charge in [-0.2, -0.15) is 13.2 Å². The Morgan fingerprint density at radius 1 is 1.04 bits per heavy atom. The number of anilines is 2. The molecule has 3 aliphatic rings. The van der Waals surface area contributed by atoms with Gasteiger partial charge in [0.1, 0.15) is 5.75 Å². The number of ketones is 4. The van der Waals surface area contributed by atoms with E-state index in [1.165, 1.54) is 25.1 Å². The van der Waals surface area contributed by atoms with Crippen LogP contribution in [0.15, 0.2) is 30.3 Å². The first-order chi connectivity index (χ1) is 21.3. The molecule has 0 aliphatic heterocycles. The molecule has 0 radical (unpaired) electrons. The van der Waals surface area contributed by atoms with Crippen molar-refractivity contribution in [3.8, 4) is 5.75 Å². The number of carbonyl (C=O) groups excluding carboxylic acids is 6. The Labute approximate surface area is 260 Å². The number of Topliss-reactive ketones (excluding diaryl/α,β-unsaturated/α-hetero) is 4. The zero-order chi connectivity index (χ0) is 34.2. The minimum absolute atomic E-state index is 0.0191. The van der Waals surface area contributed by atoms with Gasteiger partial charge >= 0.3 is 6.18 Å². The smallest absolute Gasteiger partial charge is 0.416 e. The number of nitrogens with zero attached hydrogens (tertiary/aromatic N) is 2. The molecule has 244 valence electrons. The Morgan fingerprint density at radius 3 is 2.26 bits per heavy atom. The zero-order valence-corrected chi connectivity index (χ0v) is 25.1. The van der Waals surface area contributed by atoms with Gasteiger partial charge in [-0.15, -0.1) is 0 Å². The Kier molecular flexibility index (Phi) is 7.84. The van der Waals surface area contributed by atoms with Gasteiger partial charge in [-0.3, -0.25) is 33.7 Å². The van der Waals surface area contributed by atoms with Crippen LogP contribution in [0.25, 0.3) is 0 Å². The molecule has 12 nitrogen and oxygen atoms in total. The molecule has 4 unspecified atom stereocenters. The maximum absolute atomic E-state index is 14.1. The monoisotopic (exact) mass is 644 g/mol. The molecule has 5 N–H and O–H groups in total. The first-order valence-corrected chi connectivity index (χ1v) is 14.2. The largest absolute Gasteiger partial charge is 0.505 e. The van der Waals surface area contributed by atoms with Gasteiger partial charge in [0.05, 0.1) is 28.8 Å². The number of amides is 2. The van der Waals surface area contributed by atoms with Crippen LogP contribution in [0.3, 0.4) is 0 Å². The first kappa shape index (κ1) is 32.8. The van der Waals surface area contributed by atoms with Crippen LogP contribution in [0.4, 0.5) is 24.5 Å². The topological polar surface area (TPSA) is 187 Å². The number of hydrogen-bond acceptors (Lipinski definition) is 10. The minimum atomic E-state index is -4.72. The van der Waals surface area contributed by atoms with E-state index in [0.717, 1.165) is 18.2 Å². The summed E-state index contributed by atoms with van der Waals surface area (Å²) in [6.45, 7) is 0. The number of phenolic OH excluding ortho intramolecular Hbond substituents is 1. The first-order valence-electron chi connectivity index (χ1n) is 14.2. The molecule has 0 aromatic heterocycles. The SMILES string of the molecule is CN(C)c1cc(NC(=O)c2cccc(C(F)(F)F)c2)c(O)c2c1CC1CC3[C@H](N(C)C)C(=O)C(C(N)=O)C(=O)[C@@]3(O)C(=O)C1C2=O. The summed E-state index contributed by atoms with van der Waals surface area (Å²) in [5, 5.41) is 25.4. The van der Waals surface area contributed by atoms with Crippen LogP contribution in [0, 0.1) is 23.7 Å². The third-order valence-corrected chi connectivity index (χ3v) is 9.22. The quantitative estimate of drug-likeness (QED) is 0.272. The van der Waals surface area contributed by atoms with Gasteiger partial charge in [-0.25, -0.2) is 0 Å². The highest BCUT2D eigenvalue weighted by molar-refractivity contribution is 6.32. The molecule has 2 aromatic carbocycles. The summed E-state index contributed by atoms with van der Waals surface area (Å²) in [4.78, 5) is 83.0. The van der Waals surface area contributed by atoms with E-state index in [0.29, 0.717) is 11.8 Å². The molecule has 2 fully saturated rings. The molecule has 2 aromatic rings. The van der Waals surface area contributed by atoms with Crippen molar-refractivity contribution >= 4 is 46.3 Å². The Bertz CT molecular complexity index is 1720. The summed E-state index contributed by atoms with van der Waals surface area (Å²) >= 11 is 0. The van der Waals surface area contributed by atoms with Gasteiger partial charge in [0.15, 0.2) is 34.7 Å². The molecule has 0 spiro atoms. The van der Waals surface area contributed by atoms with Crippen LogP contribution < -0.4 is 16.0 Å². The fraction of sp³-hybridized carbons (Fsp3) is 0.419. The third-order valence-electron chi connectivity index (χ3n) is 9.22. The molecule has 3 aliphatic carbocycles. The maximum Gasteiger partial charge on any atom is 0.416 e. The van der Waals surface area contributed by atoms with Gasteiger partial charge in [-0.1, -0.05) is 6.07 Å². The molecular formula is C31H31F3N4O8. The van der Waals surface area contributed by atoms with Gasteiger partial charge in [0.2, 0.25) is 5.91 Å². The van der Waals surface area contributed by atoms with E-state index >= 15 is 0 Å². The van der Waals surface area contributed by atoms with Gasteiger partial charge in [0.25, 0.3) is 5.91 Å². The standard InChI is InChI=1S/C31H31F3N4O8/c1-37(2)18-11-17(36-29(45)12-6-5-7-14(8-12)31(32,33)34)23(39)20-15(18)9-13-10-16-22(38(3)4)25(41)21(28(35)44)27(43)30(16,46)26(42)19(13)24(20)40/h5-8,11,13,16,19,21-22,39,46H,9-10H2,1-4H3,(H2,35,44)(H,36,45)/t13?,16?,19?,21?,22-,30-/m0/s1. The number of nitrogens with one attached hydrogen (secondary N) is 1. The van der Waals surface area contributed by atoms with Crippen LogP contribution in [0.5, 0.6) is 5.75 Å². The van der Waals surface area contributed by atoms with Crippen molar-refractivity contribution in [3.63, 3.8) is 0 Å². The summed E-state index contributed by atoms with van der Waals surface area (Å²) in [6.07, 6.45) is -4.89. The zero-order valence-electron chi connectivity index (χ0n) is 25.1. The summed E-state index contributed by atoms with van der Waals surface area (Å²) in [6, 6.07) is 3.66. The van der Waals surface area contributed by atoms with Crippen LogP contribution in [0.2, 0.25) is 0 Å². The predicted molar refractivity (Wildman–Crippen MR) is 155 cm³/mol. The van der Waals surface area contributed by atoms with Crippen molar-refractivity contribution < 1.29 is 52.2 Å². The van der Waals surface area contributed by atoms with E-state index in [1.807, 2.05) is 0 Å². The third kappa shape index (κ3) is 4.85. The molecule has 5 rings (SSSR count). The van der Waals surface area contributed by atoms with Crippen LogP contribution in [0.1, 0.15) is 38.3 Å². The number of halogens is 3. The van der Waals surface area contributed by atoms with Gasteiger partial charge in [-0.05, 0) is 62.7 Å². The fourth-order valence-corrected chi connectivity index (χ4v) is 7.18. The number of fused-ring (bicyclic) bond motifs is 3. The molecule has 0 saturated heterocycles. The average molecular weight is 645 g/mol. The number of alkyl halides is 3. The number of hydrogen-bond donors (Lipinski definition) is 4. The molecule has 2 saturated carbocycles. The van der Waals surface area contributed by atoms with Crippen molar-refractivity contribution in [2.24, 2.45) is 29.4 Å². The maximum atomic E-state index is 14.1. The molecule has 15 heteroatoms. The summed E-state index contributed by atoms with van der Waals surface area (Å²) in [5.74, 6) is -13.5. The second kappa shape index (κ2) is 11.0. The number of aliphatic hydroxyl groups is 1. The second-order valence-electron chi connectivity index (χ2n) is 12.4. The second-order valence-corrected chi connectivity index (χ2v) is 12.4. The lowest BCUT2D eigenvalue weighted by molar-refractivity contribution is -0.181. The molecule has 2 amide bonds. The molecule has 0 heterocycles. The summed E-state index contributed by atoms with van der Waals surface area (Å²) < 4.78 is 39.7. The number of likely N-dealkylation sites (N-methyl/N-ethyl adjacent to an activating group) is 1. The minimum Gasteiger partial charge on any atom is -0.505 e. The lowest BCUT2D eigenvalue weighted by Crippen LogP contribution is -2.74. The highest BCUT2D eigenvalue weighted by Gasteiger charge is 2.69. The van der Waals surface area contributed by atoms with Crippen molar-refractivity contribution in [1.29, 1.82) is 0 Å². The normalized spacial score (nSPS) is 27.5. The summed E-state index contributed by atoms with van der Waals surface area (Å²) in [5.41, 5.74) is 0.870. The van der Waals surface area contributed by atoms with Crippen LogP contribution >= 0.6 is 0 Å².